The minimum atomic E-state index is -0.470. The standard InChI is InChI=1S/C23H27FN2O3/c1-28-23(27)22-20(25-14-21(26-22)16-5-6-16)13-17-3-2-4-18(19(17)7-10-24)15-8-11-29-12-9-15/h2-4,14-16H,5-13H2,1H3. The van der Waals surface area contributed by atoms with Crippen LogP contribution in [0.3, 0.4) is 0 Å². The van der Waals surface area contributed by atoms with Crippen LogP contribution in [0.2, 0.25) is 0 Å². The molecular formula is C23H27FN2O3. The molecule has 4 rings (SSSR count). The number of ether oxygens (including phenoxy) is 2. The quantitative estimate of drug-likeness (QED) is 0.656. The third-order valence-corrected chi connectivity index (χ3v) is 5.91. The number of alkyl halides is 1. The SMILES string of the molecule is COC(=O)c1nc(C2CC2)cnc1Cc1cccc(C2CCOCC2)c1CCF. The molecule has 2 aromatic rings. The van der Waals surface area contributed by atoms with Gasteiger partial charge in [-0.05, 0) is 48.3 Å². The highest BCUT2D eigenvalue weighted by Gasteiger charge is 2.28. The molecule has 5 nitrogen and oxygen atoms in total. The second kappa shape index (κ2) is 8.99. The molecule has 0 N–H and O–H groups in total. The van der Waals surface area contributed by atoms with Crippen LogP contribution in [0.1, 0.15) is 76.1 Å². The molecule has 1 aromatic carbocycles. The van der Waals surface area contributed by atoms with Gasteiger partial charge >= 0.3 is 5.97 Å². The Morgan fingerprint density at radius 2 is 2.00 bits per heavy atom. The topological polar surface area (TPSA) is 61.3 Å². The van der Waals surface area contributed by atoms with Crippen LogP contribution >= 0.6 is 0 Å². The predicted molar refractivity (Wildman–Crippen MR) is 107 cm³/mol. The van der Waals surface area contributed by atoms with Crippen molar-refractivity contribution in [3.8, 4) is 0 Å². The molecule has 0 amide bonds. The van der Waals surface area contributed by atoms with Crippen LogP contribution in [-0.4, -0.2) is 42.9 Å². The van der Waals surface area contributed by atoms with Gasteiger partial charge < -0.3 is 9.47 Å². The lowest BCUT2D eigenvalue weighted by Gasteiger charge is -2.26. The lowest BCUT2D eigenvalue weighted by Crippen LogP contribution is -2.17. The van der Waals surface area contributed by atoms with Crippen molar-refractivity contribution in [2.75, 3.05) is 27.0 Å². The van der Waals surface area contributed by atoms with Crippen molar-refractivity contribution in [3.63, 3.8) is 0 Å². The summed E-state index contributed by atoms with van der Waals surface area (Å²) in [5.74, 6) is 0.315. The monoisotopic (exact) mass is 398 g/mol. The lowest BCUT2D eigenvalue weighted by atomic mass is 9.84. The average molecular weight is 398 g/mol. The molecule has 2 heterocycles. The summed E-state index contributed by atoms with van der Waals surface area (Å²) in [6.45, 7) is 1.07. The molecule has 1 saturated carbocycles. The van der Waals surface area contributed by atoms with E-state index in [1.165, 1.54) is 12.7 Å². The van der Waals surface area contributed by atoms with Crippen molar-refractivity contribution >= 4 is 5.97 Å². The largest absolute Gasteiger partial charge is 0.464 e. The van der Waals surface area contributed by atoms with Crippen LogP contribution in [0.15, 0.2) is 24.4 Å². The summed E-state index contributed by atoms with van der Waals surface area (Å²) in [4.78, 5) is 21.5. The van der Waals surface area contributed by atoms with E-state index in [0.29, 0.717) is 30.4 Å². The third kappa shape index (κ3) is 4.47. The number of benzene rings is 1. The smallest absolute Gasteiger partial charge is 0.358 e. The first-order valence-electron chi connectivity index (χ1n) is 10.4. The number of methoxy groups -OCH3 is 1. The van der Waals surface area contributed by atoms with E-state index in [9.17, 15) is 9.18 Å². The van der Waals surface area contributed by atoms with E-state index in [-0.39, 0.29) is 5.69 Å². The first-order chi connectivity index (χ1) is 14.2. The highest BCUT2D eigenvalue weighted by molar-refractivity contribution is 5.88. The Bertz CT molecular complexity index is 876. The number of carbonyl (C=O) groups excluding carboxylic acids is 1. The molecule has 1 saturated heterocycles. The van der Waals surface area contributed by atoms with Gasteiger partial charge in [0.05, 0.1) is 25.2 Å². The van der Waals surface area contributed by atoms with Crippen LogP contribution in [-0.2, 0) is 22.3 Å². The molecule has 6 heteroatoms. The summed E-state index contributed by atoms with van der Waals surface area (Å²) in [7, 11) is 1.36. The number of carbonyl (C=O) groups is 1. The van der Waals surface area contributed by atoms with Crippen LogP contribution in [0, 0.1) is 0 Å². The Balaban J connectivity index is 1.69. The zero-order chi connectivity index (χ0) is 20.2. The third-order valence-electron chi connectivity index (χ3n) is 5.91. The molecular weight excluding hydrogens is 371 g/mol. The fourth-order valence-electron chi connectivity index (χ4n) is 4.18. The minimum Gasteiger partial charge on any atom is -0.464 e. The molecule has 1 aliphatic heterocycles. The number of halogens is 1. The fourth-order valence-corrected chi connectivity index (χ4v) is 4.18. The zero-order valence-corrected chi connectivity index (χ0v) is 16.8. The average Bonchev–Trinajstić information content (AvgIpc) is 3.61. The summed E-state index contributed by atoms with van der Waals surface area (Å²) >= 11 is 0. The van der Waals surface area contributed by atoms with Crippen LogP contribution < -0.4 is 0 Å². The van der Waals surface area contributed by atoms with Crippen molar-refractivity contribution in [1.29, 1.82) is 0 Å². The van der Waals surface area contributed by atoms with Crippen molar-refractivity contribution < 1.29 is 18.7 Å². The van der Waals surface area contributed by atoms with Crippen LogP contribution in [0.5, 0.6) is 0 Å². The van der Waals surface area contributed by atoms with Gasteiger partial charge in [-0.2, -0.15) is 0 Å². The number of hydrogen-bond acceptors (Lipinski definition) is 5. The second-order valence-electron chi connectivity index (χ2n) is 7.84. The van der Waals surface area contributed by atoms with E-state index in [2.05, 4.69) is 16.0 Å². The predicted octanol–water partition coefficient (Wildman–Crippen LogP) is 4.14. The molecule has 0 atom stereocenters. The highest BCUT2D eigenvalue weighted by atomic mass is 19.1. The number of esters is 1. The summed E-state index contributed by atoms with van der Waals surface area (Å²) in [6.07, 6.45) is 6.65. The lowest BCUT2D eigenvalue weighted by molar-refractivity contribution is 0.0591. The molecule has 1 aromatic heterocycles. The van der Waals surface area contributed by atoms with Crippen LogP contribution in [0.4, 0.5) is 4.39 Å². The van der Waals surface area contributed by atoms with Gasteiger partial charge in [0.1, 0.15) is 0 Å². The van der Waals surface area contributed by atoms with Gasteiger partial charge in [0, 0.05) is 38.2 Å². The Morgan fingerprint density at radius 3 is 2.69 bits per heavy atom. The summed E-state index contributed by atoms with van der Waals surface area (Å²) in [6, 6.07) is 6.13. The van der Waals surface area contributed by atoms with Gasteiger partial charge in [-0.25, -0.2) is 9.78 Å². The Kier molecular flexibility index (Phi) is 6.19. The van der Waals surface area contributed by atoms with Gasteiger partial charge in [0.2, 0.25) is 0 Å². The van der Waals surface area contributed by atoms with Crippen LogP contribution in [0.25, 0.3) is 0 Å². The molecule has 0 radical (unpaired) electrons. The molecule has 0 bridgehead atoms. The second-order valence-corrected chi connectivity index (χ2v) is 7.84. The molecule has 2 aliphatic rings. The van der Waals surface area contributed by atoms with Gasteiger partial charge in [0.25, 0.3) is 0 Å². The maximum Gasteiger partial charge on any atom is 0.358 e. The fraction of sp³-hybridized carbons (Fsp3) is 0.522. The number of nitrogens with zero attached hydrogens (tertiary/aromatic N) is 2. The summed E-state index contributed by atoms with van der Waals surface area (Å²) < 4.78 is 23.9. The molecule has 154 valence electrons. The van der Waals surface area contributed by atoms with Gasteiger partial charge in [-0.1, -0.05) is 18.2 Å². The van der Waals surface area contributed by atoms with Gasteiger partial charge in [0.15, 0.2) is 5.69 Å². The maximum atomic E-state index is 13.4. The normalized spacial score (nSPS) is 17.3. The van der Waals surface area contributed by atoms with E-state index in [1.54, 1.807) is 6.20 Å². The Morgan fingerprint density at radius 1 is 1.21 bits per heavy atom. The van der Waals surface area contributed by atoms with Gasteiger partial charge in [-0.15, -0.1) is 0 Å². The molecule has 1 aliphatic carbocycles. The van der Waals surface area contributed by atoms with Crippen molar-refractivity contribution in [2.24, 2.45) is 0 Å². The van der Waals surface area contributed by atoms with E-state index in [1.807, 2.05) is 12.1 Å². The Hall–Kier alpha value is -2.34. The molecule has 0 spiro atoms. The van der Waals surface area contributed by atoms with E-state index >= 15 is 0 Å². The Labute approximate surface area is 170 Å². The number of hydrogen-bond donors (Lipinski definition) is 0. The minimum absolute atomic E-state index is 0.277. The highest BCUT2D eigenvalue weighted by Crippen LogP contribution is 2.39. The van der Waals surface area contributed by atoms with E-state index in [0.717, 1.165) is 55.7 Å². The van der Waals surface area contributed by atoms with Crippen molar-refractivity contribution in [3.05, 3.63) is 58.2 Å². The molecule has 0 unspecified atom stereocenters. The zero-order valence-electron chi connectivity index (χ0n) is 16.8. The summed E-state index contributed by atoms with van der Waals surface area (Å²) in [5.41, 5.74) is 4.96. The number of aromatic nitrogens is 2. The van der Waals surface area contributed by atoms with Gasteiger partial charge in [-0.3, -0.25) is 9.37 Å². The molecule has 2 fully saturated rings. The van der Waals surface area contributed by atoms with Crippen molar-refractivity contribution in [1.82, 2.24) is 9.97 Å². The van der Waals surface area contributed by atoms with Crippen molar-refractivity contribution in [2.45, 2.75) is 50.4 Å². The number of rotatable bonds is 7. The molecule has 29 heavy (non-hydrogen) atoms. The first kappa shape index (κ1) is 20.0. The summed E-state index contributed by atoms with van der Waals surface area (Å²) in [5, 5.41) is 0. The van der Waals surface area contributed by atoms with E-state index in [4.69, 9.17) is 9.47 Å². The van der Waals surface area contributed by atoms with E-state index < -0.39 is 12.6 Å². The maximum absolute atomic E-state index is 13.4. The first-order valence-corrected chi connectivity index (χ1v) is 10.4.